The van der Waals surface area contributed by atoms with E-state index in [4.69, 9.17) is 11.6 Å². The summed E-state index contributed by atoms with van der Waals surface area (Å²) < 4.78 is 0. The number of hydrogen-bond donors (Lipinski definition) is 2. The van der Waals surface area contributed by atoms with Gasteiger partial charge in [-0.15, -0.1) is 0 Å². The van der Waals surface area contributed by atoms with Gasteiger partial charge in [0.05, 0.1) is 12.6 Å². The number of nitrogens with zero attached hydrogens (tertiary/aromatic N) is 3. The predicted octanol–water partition coefficient (Wildman–Crippen LogP) is 2.78. The van der Waals surface area contributed by atoms with E-state index in [1.807, 2.05) is 76.2 Å². The van der Waals surface area contributed by atoms with Gasteiger partial charge in [-0.1, -0.05) is 74.3 Å². The number of nitrogens with one attached hydrogen (secondary N) is 2. The van der Waals surface area contributed by atoms with E-state index in [9.17, 15) is 19.2 Å². The van der Waals surface area contributed by atoms with Crippen LogP contribution >= 0.6 is 11.6 Å². The van der Waals surface area contributed by atoms with Gasteiger partial charge in [-0.3, -0.25) is 19.2 Å². The second-order valence-corrected chi connectivity index (χ2v) is 12.9. The number of piperazine rings is 1. The minimum Gasteiger partial charge on any atom is -0.342 e. The Balaban J connectivity index is 1.65. The van der Waals surface area contributed by atoms with E-state index in [2.05, 4.69) is 10.6 Å². The van der Waals surface area contributed by atoms with Gasteiger partial charge in [-0.05, 0) is 56.0 Å². The second kappa shape index (κ2) is 12.8. The number of amides is 4. The first-order chi connectivity index (χ1) is 19.8. The van der Waals surface area contributed by atoms with Crippen molar-refractivity contribution in [3.05, 3.63) is 70.2 Å². The lowest BCUT2D eigenvalue weighted by atomic mass is 9.85. The van der Waals surface area contributed by atoms with Crippen LogP contribution in [0.2, 0.25) is 5.02 Å². The monoisotopic (exact) mass is 595 g/mol. The van der Waals surface area contributed by atoms with E-state index in [1.165, 1.54) is 0 Å². The van der Waals surface area contributed by atoms with Gasteiger partial charge in [0.2, 0.25) is 23.6 Å². The molecular weight excluding hydrogens is 554 g/mol. The smallest absolute Gasteiger partial charge is 0.247 e. The third kappa shape index (κ3) is 6.95. The van der Waals surface area contributed by atoms with Gasteiger partial charge in [0, 0.05) is 18.0 Å². The number of benzene rings is 2. The molecule has 9 nitrogen and oxygen atoms in total. The number of rotatable bonds is 9. The summed E-state index contributed by atoms with van der Waals surface area (Å²) in [5, 5.41) is 6.44. The molecule has 2 fully saturated rings. The lowest BCUT2D eigenvalue weighted by molar-refractivity contribution is -0.156. The Labute approximate surface area is 253 Å². The summed E-state index contributed by atoms with van der Waals surface area (Å²) in [6, 6.07) is 13.4. The molecule has 2 saturated heterocycles. The molecule has 4 atom stereocenters. The third-order valence-corrected chi connectivity index (χ3v) is 8.44. The van der Waals surface area contributed by atoms with Crippen LogP contribution < -0.4 is 10.6 Å². The highest BCUT2D eigenvalue weighted by molar-refractivity contribution is 6.30. The Morgan fingerprint density at radius 3 is 2.38 bits per heavy atom. The average molecular weight is 596 g/mol. The fourth-order valence-corrected chi connectivity index (χ4v) is 5.78. The molecule has 226 valence electrons. The summed E-state index contributed by atoms with van der Waals surface area (Å²) in [5.41, 5.74) is 2.42. The Kier molecular flexibility index (Phi) is 9.63. The average Bonchev–Trinajstić information content (AvgIpc) is 3.27. The molecule has 0 spiro atoms. The zero-order valence-electron chi connectivity index (χ0n) is 25.3. The largest absolute Gasteiger partial charge is 0.342 e. The molecular formula is C32H42ClN5O4. The van der Waals surface area contributed by atoms with E-state index >= 15 is 0 Å². The Morgan fingerprint density at radius 2 is 1.76 bits per heavy atom. The maximum absolute atomic E-state index is 14.1. The van der Waals surface area contributed by atoms with Crippen molar-refractivity contribution in [2.75, 3.05) is 26.7 Å². The van der Waals surface area contributed by atoms with Gasteiger partial charge < -0.3 is 25.3 Å². The zero-order valence-corrected chi connectivity index (χ0v) is 26.1. The van der Waals surface area contributed by atoms with Crippen LogP contribution in [0, 0.1) is 12.3 Å². The van der Waals surface area contributed by atoms with Crippen LogP contribution in [0.15, 0.2) is 48.5 Å². The molecule has 0 radical (unpaired) electrons. The standard InChI is InChI=1S/C32H42ClN5O4/c1-20-10-12-23(13-11-20)17-25-30(41)36(15-14-22-8-7-9-24(33)16-22)18-26-37(19-27(39)38(25)26)31(42)28(32(3,4)5)35-29(40)21(2)34-6/h7-13,16,21,25-26,28,34H,14-15,17-19H2,1-6H3,(H,35,40)/t21?,25-,26+,28?/m0/s1. The highest BCUT2D eigenvalue weighted by Crippen LogP contribution is 2.31. The van der Waals surface area contributed by atoms with Crippen molar-refractivity contribution in [1.82, 2.24) is 25.3 Å². The van der Waals surface area contributed by atoms with E-state index in [-0.39, 0.29) is 36.7 Å². The van der Waals surface area contributed by atoms with Crippen molar-refractivity contribution in [3.63, 3.8) is 0 Å². The molecule has 0 bridgehead atoms. The summed E-state index contributed by atoms with van der Waals surface area (Å²) in [6.45, 7) is 9.85. The predicted molar refractivity (Wildman–Crippen MR) is 163 cm³/mol. The number of hydrogen-bond acceptors (Lipinski definition) is 5. The van der Waals surface area contributed by atoms with E-state index < -0.39 is 29.7 Å². The summed E-state index contributed by atoms with van der Waals surface area (Å²) in [7, 11) is 1.68. The normalized spacial score (nSPS) is 20.4. The molecule has 10 heteroatoms. The molecule has 0 saturated carbocycles. The van der Waals surface area contributed by atoms with Crippen molar-refractivity contribution in [2.24, 2.45) is 5.41 Å². The van der Waals surface area contributed by atoms with E-state index in [0.717, 1.165) is 16.7 Å². The van der Waals surface area contributed by atoms with Crippen LogP contribution in [0.4, 0.5) is 0 Å². The highest BCUT2D eigenvalue weighted by atomic mass is 35.5. The molecule has 2 aromatic carbocycles. The number of fused-ring (bicyclic) bond motifs is 1. The van der Waals surface area contributed by atoms with Gasteiger partial charge in [0.15, 0.2) is 0 Å². The molecule has 0 aliphatic carbocycles. The van der Waals surface area contributed by atoms with Crippen molar-refractivity contribution < 1.29 is 19.2 Å². The topological polar surface area (TPSA) is 102 Å². The molecule has 4 amide bonds. The molecule has 2 aliphatic heterocycles. The number of aryl methyl sites for hydroxylation is 1. The first kappa shape index (κ1) is 31.5. The van der Waals surface area contributed by atoms with Crippen LogP contribution in [-0.2, 0) is 32.0 Å². The molecule has 2 unspecified atom stereocenters. The molecule has 2 heterocycles. The van der Waals surface area contributed by atoms with Crippen LogP contribution in [0.3, 0.4) is 0 Å². The number of carbonyl (C=O) groups is 4. The summed E-state index contributed by atoms with van der Waals surface area (Å²) in [4.78, 5) is 59.3. The van der Waals surface area contributed by atoms with Crippen LogP contribution in [0.25, 0.3) is 0 Å². The molecule has 42 heavy (non-hydrogen) atoms. The highest BCUT2D eigenvalue weighted by Gasteiger charge is 2.53. The number of carbonyl (C=O) groups excluding carboxylic acids is 4. The quantitative estimate of drug-likeness (QED) is 0.464. The maximum Gasteiger partial charge on any atom is 0.247 e. The molecule has 2 N–H and O–H groups in total. The van der Waals surface area contributed by atoms with Gasteiger partial charge in [-0.25, -0.2) is 0 Å². The third-order valence-electron chi connectivity index (χ3n) is 8.21. The van der Waals surface area contributed by atoms with Gasteiger partial charge >= 0.3 is 0 Å². The summed E-state index contributed by atoms with van der Waals surface area (Å²) >= 11 is 6.19. The zero-order chi connectivity index (χ0) is 30.8. The Bertz CT molecular complexity index is 1320. The second-order valence-electron chi connectivity index (χ2n) is 12.4. The van der Waals surface area contributed by atoms with Crippen molar-refractivity contribution >= 4 is 35.2 Å². The lowest BCUT2D eigenvalue weighted by Crippen LogP contribution is -2.66. The first-order valence-corrected chi connectivity index (χ1v) is 14.9. The molecule has 2 aliphatic rings. The molecule has 4 rings (SSSR count). The molecule has 0 aromatic heterocycles. The minimum atomic E-state index is -0.860. The fraction of sp³-hybridized carbons (Fsp3) is 0.500. The van der Waals surface area contributed by atoms with Crippen LogP contribution in [0.5, 0.6) is 0 Å². The first-order valence-electron chi connectivity index (χ1n) is 14.5. The SMILES string of the molecule is CNC(C)C(=O)NC(C(=O)N1CC(=O)N2[C@@H]1CN(CCc1cccc(Cl)c1)C(=O)[C@@H]2Cc1ccc(C)cc1)C(C)(C)C. The van der Waals surface area contributed by atoms with Crippen molar-refractivity contribution in [3.8, 4) is 0 Å². The van der Waals surface area contributed by atoms with Crippen molar-refractivity contribution in [1.29, 1.82) is 0 Å². The molecule has 2 aromatic rings. The van der Waals surface area contributed by atoms with E-state index in [0.29, 0.717) is 24.4 Å². The van der Waals surface area contributed by atoms with Crippen molar-refractivity contribution in [2.45, 2.75) is 71.8 Å². The van der Waals surface area contributed by atoms with Gasteiger partial charge in [-0.2, -0.15) is 0 Å². The number of likely N-dealkylation sites (N-methyl/N-ethyl adjacent to an activating group) is 1. The number of halogens is 1. The summed E-state index contributed by atoms with van der Waals surface area (Å²) in [6.07, 6.45) is 0.290. The Morgan fingerprint density at radius 1 is 1.07 bits per heavy atom. The lowest BCUT2D eigenvalue weighted by Gasteiger charge is -2.45. The minimum absolute atomic E-state index is 0.139. The van der Waals surface area contributed by atoms with Gasteiger partial charge in [0.25, 0.3) is 0 Å². The maximum atomic E-state index is 14.1. The Hall–Kier alpha value is -3.43. The van der Waals surface area contributed by atoms with Crippen LogP contribution in [-0.4, -0.2) is 89.3 Å². The van der Waals surface area contributed by atoms with Gasteiger partial charge in [0.1, 0.15) is 24.8 Å². The summed E-state index contributed by atoms with van der Waals surface area (Å²) in [5.74, 6) is -1.04. The fourth-order valence-electron chi connectivity index (χ4n) is 5.56. The van der Waals surface area contributed by atoms with E-state index in [1.54, 1.807) is 28.7 Å². The van der Waals surface area contributed by atoms with Crippen LogP contribution in [0.1, 0.15) is 44.4 Å².